The normalized spacial score (nSPS) is 13.4. The molecule has 0 aromatic carbocycles. The number of pyridine rings is 1. The Morgan fingerprint density at radius 2 is 1.95 bits per heavy atom. The number of nitrogens with zero attached hydrogens (tertiary/aromatic N) is 1. The Hall–Kier alpha value is -0.890. The highest BCUT2D eigenvalue weighted by atomic mass is 14.9. The van der Waals surface area contributed by atoms with Crippen LogP contribution in [0.2, 0.25) is 0 Å². The molecule has 0 bridgehead atoms. The van der Waals surface area contributed by atoms with Gasteiger partial charge in [0.2, 0.25) is 0 Å². The van der Waals surface area contributed by atoms with Crippen LogP contribution >= 0.6 is 0 Å². The van der Waals surface area contributed by atoms with Gasteiger partial charge >= 0.3 is 0 Å². The van der Waals surface area contributed by atoms with Crippen LogP contribution in [0.1, 0.15) is 65.1 Å². The molecule has 0 spiro atoms. The summed E-state index contributed by atoms with van der Waals surface area (Å²) in [6.07, 6.45) is 7.81. The summed E-state index contributed by atoms with van der Waals surface area (Å²) < 4.78 is 0. The van der Waals surface area contributed by atoms with E-state index in [9.17, 15) is 0 Å². The van der Waals surface area contributed by atoms with Crippen molar-refractivity contribution in [2.45, 2.75) is 72.8 Å². The molecule has 1 N–H and O–H groups in total. The maximum atomic E-state index is 4.55. The molecule has 1 aromatic heterocycles. The van der Waals surface area contributed by atoms with Gasteiger partial charge in [-0.1, -0.05) is 40.7 Å². The number of aromatic nitrogens is 1. The van der Waals surface area contributed by atoms with Crippen LogP contribution in [0.4, 0.5) is 0 Å². The number of nitrogens with one attached hydrogen (secondary N) is 1. The quantitative estimate of drug-likeness (QED) is 0.762. The number of hydrogen-bond donors (Lipinski definition) is 1. The number of rotatable bonds is 8. The summed E-state index contributed by atoms with van der Waals surface area (Å²) in [7, 11) is 0. The van der Waals surface area contributed by atoms with Gasteiger partial charge in [0.15, 0.2) is 0 Å². The third-order valence-electron chi connectivity index (χ3n) is 3.91. The summed E-state index contributed by atoms with van der Waals surface area (Å²) in [5.74, 6) is 0. The topological polar surface area (TPSA) is 24.9 Å². The zero-order chi connectivity index (χ0) is 15.0. The largest absolute Gasteiger partial charge is 0.313 e. The zero-order valence-electron chi connectivity index (χ0n) is 14.0. The fraction of sp³-hybridized carbons (Fsp3) is 0.722. The first kappa shape index (κ1) is 17.2. The molecule has 0 saturated carbocycles. The van der Waals surface area contributed by atoms with Crippen molar-refractivity contribution in [2.24, 2.45) is 5.41 Å². The Labute approximate surface area is 125 Å². The van der Waals surface area contributed by atoms with E-state index in [1.54, 1.807) is 0 Å². The van der Waals surface area contributed by atoms with Gasteiger partial charge in [-0.05, 0) is 55.7 Å². The molecule has 20 heavy (non-hydrogen) atoms. The highest BCUT2D eigenvalue weighted by molar-refractivity contribution is 5.13. The summed E-state index contributed by atoms with van der Waals surface area (Å²) >= 11 is 0. The predicted molar refractivity (Wildman–Crippen MR) is 88.1 cm³/mol. The van der Waals surface area contributed by atoms with E-state index in [0.29, 0.717) is 11.5 Å². The van der Waals surface area contributed by atoms with Gasteiger partial charge < -0.3 is 5.32 Å². The molecule has 0 aliphatic heterocycles. The van der Waals surface area contributed by atoms with E-state index in [1.807, 2.05) is 6.20 Å². The lowest BCUT2D eigenvalue weighted by Crippen LogP contribution is -2.40. The van der Waals surface area contributed by atoms with Gasteiger partial charge in [-0.2, -0.15) is 0 Å². The van der Waals surface area contributed by atoms with Crippen molar-refractivity contribution < 1.29 is 0 Å². The molecular formula is C18H32N2. The monoisotopic (exact) mass is 276 g/mol. The molecule has 2 nitrogen and oxygen atoms in total. The molecular weight excluding hydrogens is 244 g/mol. The molecule has 0 radical (unpaired) electrons. The molecule has 1 aromatic rings. The minimum Gasteiger partial charge on any atom is -0.313 e. The van der Waals surface area contributed by atoms with Gasteiger partial charge in [-0.15, -0.1) is 0 Å². The van der Waals surface area contributed by atoms with Crippen LogP contribution in [0.25, 0.3) is 0 Å². The Bertz CT molecular complexity index is 362. The van der Waals surface area contributed by atoms with E-state index in [-0.39, 0.29) is 0 Å². The van der Waals surface area contributed by atoms with Gasteiger partial charge in [0.1, 0.15) is 0 Å². The van der Waals surface area contributed by atoms with Crippen LogP contribution < -0.4 is 5.32 Å². The lowest BCUT2D eigenvalue weighted by molar-refractivity contribution is 0.251. The van der Waals surface area contributed by atoms with E-state index in [4.69, 9.17) is 0 Å². The second-order valence-corrected chi connectivity index (χ2v) is 6.78. The lowest BCUT2D eigenvalue weighted by Gasteiger charge is -2.31. The summed E-state index contributed by atoms with van der Waals surface area (Å²) in [6, 6.07) is 4.99. The molecule has 1 atom stereocenters. The van der Waals surface area contributed by atoms with Crippen LogP contribution in [-0.2, 0) is 12.8 Å². The van der Waals surface area contributed by atoms with Crippen molar-refractivity contribution in [3.8, 4) is 0 Å². The number of hydrogen-bond acceptors (Lipinski definition) is 2. The van der Waals surface area contributed by atoms with Crippen LogP contribution in [0.3, 0.4) is 0 Å². The van der Waals surface area contributed by atoms with E-state index in [0.717, 1.165) is 19.4 Å². The Balaban J connectivity index is 2.42. The number of aryl methyl sites for hydroxylation is 2. The van der Waals surface area contributed by atoms with Gasteiger partial charge in [-0.3, -0.25) is 4.98 Å². The van der Waals surface area contributed by atoms with Crippen molar-refractivity contribution in [3.05, 3.63) is 29.6 Å². The third-order valence-corrected chi connectivity index (χ3v) is 3.91. The third kappa shape index (κ3) is 6.04. The molecule has 1 rings (SSSR count). The lowest BCUT2D eigenvalue weighted by atomic mass is 9.83. The smallest absolute Gasteiger partial charge is 0.0403 e. The maximum Gasteiger partial charge on any atom is 0.0403 e. The molecule has 0 saturated heterocycles. The van der Waals surface area contributed by atoms with Crippen molar-refractivity contribution in [1.29, 1.82) is 0 Å². The Morgan fingerprint density at radius 3 is 2.45 bits per heavy atom. The molecule has 0 fully saturated rings. The van der Waals surface area contributed by atoms with Crippen LogP contribution in [-0.4, -0.2) is 17.6 Å². The highest BCUT2D eigenvalue weighted by Crippen LogP contribution is 2.23. The molecule has 2 heteroatoms. The minimum absolute atomic E-state index is 0.328. The first-order chi connectivity index (χ1) is 9.47. The second-order valence-electron chi connectivity index (χ2n) is 6.78. The standard InChI is InChI=1S/C18H32N2/c1-6-13-19-17(18(3,4)5)10-8-9-16-12-11-15(7-2)14-20-16/h11-12,14,17,19H,6-10,13H2,1-5H3. The molecule has 1 unspecified atom stereocenters. The Kier molecular flexibility index (Phi) is 7.22. The van der Waals surface area contributed by atoms with Crippen molar-refractivity contribution in [1.82, 2.24) is 10.3 Å². The second kappa shape index (κ2) is 8.41. The molecule has 114 valence electrons. The van der Waals surface area contributed by atoms with Crippen LogP contribution in [0.5, 0.6) is 0 Å². The van der Waals surface area contributed by atoms with Crippen LogP contribution in [0.15, 0.2) is 18.3 Å². The fourth-order valence-electron chi connectivity index (χ4n) is 2.46. The average Bonchev–Trinajstić information content (AvgIpc) is 2.42. The van der Waals surface area contributed by atoms with E-state index in [1.165, 1.54) is 30.5 Å². The predicted octanol–water partition coefficient (Wildman–Crippen LogP) is 4.38. The summed E-state index contributed by atoms with van der Waals surface area (Å²) in [4.78, 5) is 4.55. The van der Waals surface area contributed by atoms with Gasteiger partial charge in [0.25, 0.3) is 0 Å². The fourth-order valence-corrected chi connectivity index (χ4v) is 2.46. The zero-order valence-corrected chi connectivity index (χ0v) is 14.0. The van der Waals surface area contributed by atoms with Crippen molar-refractivity contribution in [2.75, 3.05) is 6.54 Å². The Morgan fingerprint density at radius 1 is 1.20 bits per heavy atom. The molecule has 1 heterocycles. The highest BCUT2D eigenvalue weighted by Gasteiger charge is 2.23. The van der Waals surface area contributed by atoms with E-state index < -0.39 is 0 Å². The van der Waals surface area contributed by atoms with E-state index >= 15 is 0 Å². The average molecular weight is 276 g/mol. The SMILES string of the molecule is CCCNC(CCCc1ccc(CC)cn1)C(C)(C)C. The molecule has 0 amide bonds. The van der Waals surface area contributed by atoms with Crippen molar-refractivity contribution >= 4 is 0 Å². The van der Waals surface area contributed by atoms with E-state index in [2.05, 4.69) is 57.1 Å². The first-order valence-corrected chi connectivity index (χ1v) is 8.14. The van der Waals surface area contributed by atoms with Gasteiger partial charge in [0, 0.05) is 17.9 Å². The summed E-state index contributed by atoms with van der Waals surface area (Å²) in [6.45, 7) is 12.5. The molecule has 0 aliphatic carbocycles. The summed E-state index contributed by atoms with van der Waals surface area (Å²) in [5.41, 5.74) is 2.88. The molecule has 0 aliphatic rings. The first-order valence-electron chi connectivity index (χ1n) is 8.14. The van der Waals surface area contributed by atoms with Crippen molar-refractivity contribution in [3.63, 3.8) is 0 Å². The summed E-state index contributed by atoms with van der Waals surface area (Å²) in [5, 5.41) is 3.69. The van der Waals surface area contributed by atoms with Gasteiger partial charge in [0.05, 0.1) is 0 Å². The van der Waals surface area contributed by atoms with Crippen LogP contribution in [0, 0.1) is 5.41 Å². The maximum absolute atomic E-state index is 4.55. The minimum atomic E-state index is 0.328. The van der Waals surface area contributed by atoms with Gasteiger partial charge in [-0.25, -0.2) is 0 Å².